The highest BCUT2D eigenvalue weighted by Gasteiger charge is 2.35. The minimum absolute atomic E-state index is 0.147. The number of rotatable bonds is 2. The van der Waals surface area contributed by atoms with Crippen molar-refractivity contribution < 1.29 is 35.1 Å². The van der Waals surface area contributed by atoms with Crippen LogP contribution in [0.2, 0.25) is 0 Å². The number of alkyl halides is 8. The molecule has 0 heterocycles. The molecule has 0 aromatic heterocycles. The minimum Gasteiger partial charge on any atom is -0.205 e. The van der Waals surface area contributed by atoms with Crippen LogP contribution in [0.3, 0.4) is 0 Å². The summed E-state index contributed by atoms with van der Waals surface area (Å²) in [6, 6.07) is 4.95. The maximum Gasteiger partial charge on any atom is 0.417 e. The lowest BCUT2D eigenvalue weighted by molar-refractivity contribution is -0.138. The highest BCUT2D eigenvalue weighted by atomic mass is 19.4. The Labute approximate surface area is 125 Å². The lowest BCUT2D eigenvalue weighted by Gasteiger charge is -2.15. The van der Waals surface area contributed by atoms with Gasteiger partial charge in [-0.25, -0.2) is 8.78 Å². The molecule has 124 valence electrons. The average molecular weight is 340 g/mol. The topological polar surface area (TPSA) is 0 Å². The number of hydrogen-bond donors (Lipinski definition) is 0. The molecular weight excluding hydrogens is 332 g/mol. The summed E-state index contributed by atoms with van der Waals surface area (Å²) in [5.41, 5.74) is -3.76. The third kappa shape index (κ3) is 3.80. The molecule has 8 heteroatoms. The highest BCUT2D eigenvalue weighted by Crippen LogP contribution is 2.40. The van der Waals surface area contributed by atoms with Crippen LogP contribution in [0.1, 0.15) is 23.1 Å². The van der Waals surface area contributed by atoms with Gasteiger partial charge < -0.3 is 0 Å². The van der Waals surface area contributed by atoms with Crippen molar-refractivity contribution in [1.82, 2.24) is 0 Å². The SMILES string of the molecule is FC(F)c1ccc(-c2ccc(C(F)(F)F)cc2)c(C(F)(F)F)c1. The Hall–Kier alpha value is -2.12. The molecule has 0 saturated carbocycles. The zero-order valence-electron chi connectivity index (χ0n) is 11.1. The Kier molecular flexibility index (Phi) is 4.37. The fourth-order valence-corrected chi connectivity index (χ4v) is 2.02. The number of halogens is 8. The van der Waals surface area contributed by atoms with Gasteiger partial charge in [0.1, 0.15) is 0 Å². The summed E-state index contributed by atoms with van der Waals surface area (Å²) in [5, 5.41) is 0. The Balaban J connectivity index is 2.54. The van der Waals surface area contributed by atoms with E-state index in [4.69, 9.17) is 0 Å². The molecule has 0 radical (unpaired) electrons. The van der Waals surface area contributed by atoms with Crippen molar-refractivity contribution in [2.24, 2.45) is 0 Å². The Morgan fingerprint density at radius 3 is 1.70 bits per heavy atom. The second-order valence-corrected chi connectivity index (χ2v) is 4.68. The molecule has 0 aliphatic carbocycles. The Morgan fingerprint density at radius 2 is 1.26 bits per heavy atom. The summed E-state index contributed by atoms with van der Waals surface area (Å²) in [5.74, 6) is 0. The third-order valence-electron chi connectivity index (χ3n) is 3.12. The number of hydrogen-bond acceptors (Lipinski definition) is 0. The average Bonchev–Trinajstić information content (AvgIpc) is 2.45. The summed E-state index contributed by atoms with van der Waals surface area (Å²) in [6.07, 6.45) is -12.6. The lowest BCUT2D eigenvalue weighted by atomic mass is 9.96. The first kappa shape index (κ1) is 17.2. The number of benzene rings is 2. The predicted molar refractivity (Wildman–Crippen MR) is 66.8 cm³/mol. The molecule has 0 nitrogen and oxygen atoms in total. The zero-order chi connectivity index (χ0) is 17.4. The second-order valence-electron chi connectivity index (χ2n) is 4.68. The molecule has 0 spiro atoms. The molecule has 0 amide bonds. The molecule has 2 rings (SSSR count). The van der Waals surface area contributed by atoms with Gasteiger partial charge in [0.2, 0.25) is 0 Å². The fourth-order valence-electron chi connectivity index (χ4n) is 2.02. The molecular formula is C15H8F8. The van der Waals surface area contributed by atoms with Gasteiger partial charge in [-0.1, -0.05) is 24.3 Å². The molecule has 2 aromatic rings. The highest BCUT2D eigenvalue weighted by molar-refractivity contribution is 5.69. The smallest absolute Gasteiger partial charge is 0.205 e. The maximum atomic E-state index is 13.0. The van der Waals surface area contributed by atoms with E-state index in [1.807, 2.05) is 0 Å². The van der Waals surface area contributed by atoms with E-state index in [-0.39, 0.29) is 5.56 Å². The van der Waals surface area contributed by atoms with E-state index in [0.717, 1.165) is 24.3 Å². The van der Waals surface area contributed by atoms with Crippen LogP contribution in [-0.2, 0) is 12.4 Å². The molecule has 0 aliphatic heterocycles. The van der Waals surface area contributed by atoms with Crippen LogP contribution in [0.4, 0.5) is 35.1 Å². The largest absolute Gasteiger partial charge is 0.417 e. The molecule has 0 saturated heterocycles. The molecule has 0 bridgehead atoms. The maximum absolute atomic E-state index is 13.0. The first-order valence-electron chi connectivity index (χ1n) is 6.17. The molecule has 0 fully saturated rings. The van der Waals surface area contributed by atoms with Crippen LogP contribution in [0.5, 0.6) is 0 Å². The summed E-state index contributed by atoms with van der Waals surface area (Å²) in [6.45, 7) is 0. The monoisotopic (exact) mass is 340 g/mol. The summed E-state index contributed by atoms with van der Waals surface area (Å²) < 4.78 is 102. The van der Waals surface area contributed by atoms with Crippen molar-refractivity contribution in [3.63, 3.8) is 0 Å². The molecule has 23 heavy (non-hydrogen) atoms. The van der Waals surface area contributed by atoms with Gasteiger partial charge in [0.15, 0.2) is 0 Å². The second kappa shape index (κ2) is 5.82. The van der Waals surface area contributed by atoms with Gasteiger partial charge in [-0.3, -0.25) is 0 Å². The lowest BCUT2D eigenvalue weighted by Crippen LogP contribution is -2.09. The van der Waals surface area contributed by atoms with E-state index in [1.54, 1.807) is 0 Å². The van der Waals surface area contributed by atoms with E-state index < -0.39 is 41.0 Å². The summed E-state index contributed by atoms with van der Waals surface area (Å²) >= 11 is 0. The summed E-state index contributed by atoms with van der Waals surface area (Å²) in [4.78, 5) is 0. The van der Waals surface area contributed by atoms with Crippen molar-refractivity contribution in [2.45, 2.75) is 18.8 Å². The normalized spacial score (nSPS) is 12.7. The van der Waals surface area contributed by atoms with Crippen molar-refractivity contribution in [3.05, 3.63) is 59.2 Å². The van der Waals surface area contributed by atoms with Crippen molar-refractivity contribution >= 4 is 0 Å². The van der Waals surface area contributed by atoms with E-state index >= 15 is 0 Å². The first-order chi connectivity index (χ1) is 10.5. The van der Waals surface area contributed by atoms with E-state index in [1.165, 1.54) is 0 Å². The van der Waals surface area contributed by atoms with Crippen LogP contribution in [0.25, 0.3) is 11.1 Å². The van der Waals surface area contributed by atoms with Crippen LogP contribution >= 0.6 is 0 Å². The quantitative estimate of drug-likeness (QED) is 0.561. The van der Waals surface area contributed by atoms with Crippen molar-refractivity contribution in [3.8, 4) is 11.1 Å². The van der Waals surface area contributed by atoms with Gasteiger partial charge in [0, 0.05) is 5.56 Å². The first-order valence-corrected chi connectivity index (χ1v) is 6.17. The van der Waals surface area contributed by atoms with Crippen LogP contribution in [-0.4, -0.2) is 0 Å². The molecule has 0 unspecified atom stereocenters. The van der Waals surface area contributed by atoms with Crippen LogP contribution in [0.15, 0.2) is 42.5 Å². The van der Waals surface area contributed by atoms with Gasteiger partial charge in [-0.15, -0.1) is 0 Å². The summed E-state index contributed by atoms with van der Waals surface area (Å²) in [7, 11) is 0. The van der Waals surface area contributed by atoms with Gasteiger partial charge in [-0.05, 0) is 29.3 Å². The van der Waals surface area contributed by atoms with E-state index in [0.29, 0.717) is 18.2 Å². The van der Waals surface area contributed by atoms with Crippen molar-refractivity contribution in [2.75, 3.05) is 0 Å². The predicted octanol–water partition coefficient (Wildman–Crippen LogP) is 6.33. The third-order valence-corrected chi connectivity index (χ3v) is 3.12. The van der Waals surface area contributed by atoms with Crippen LogP contribution in [0, 0.1) is 0 Å². The zero-order valence-corrected chi connectivity index (χ0v) is 11.1. The van der Waals surface area contributed by atoms with Gasteiger partial charge in [0.05, 0.1) is 11.1 Å². The van der Waals surface area contributed by atoms with E-state index in [2.05, 4.69) is 0 Å². The van der Waals surface area contributed by atoms with Gasteiger partial charge >= 0.3 is 12.4 Å². The molecule has 0 N–H and O–H groups in total. The standard InChI is InChI=1S/C15H8F8/c16-13(17)9-3-6-11(12(7-9)15(21,22)23)8-1-4-10(5-2-8)14(18,19)20/h1-7,13H. The minimum atomic E-state index is -4.91. The molecule has 0 atom stereocenters. The van der Waals surface area contributed by atoms with Crippen LogP contribution < -0.4 is 0 Å². The van der Waals surface area contributed by atoms with Gasteiger partial charge in [-0.2, -0.15) is 26.3 Å². The Morgan fingerprint density at radius 1 is 0.696 bits per heavy atom. The van der Waals surface area contributed by atoms with Gasteiger partial charge in [0.25, 0.3) is 6.43 Å². The molecule has 0 aliphatic rings. The van der Waals surface area contributed by atoms with Crippen molar-refractivity contribution in [1.29, 1.82) is 0 Å². The fraction of sp³-hybridized carbons (Fsp3) is 0.200. The Bertz CT molecular complexity index is 680. The molecule has 2 aromatic carbocycles. The van der Waals surface area contributed by atoms with E-state index in [9.17, 15) is 35.1 Å².